The fraction of sp³-hybridized carbons (Fsp3) is 0.167. The minimum absolute atomic E-state index is 0.527. The summed E-state index contributed by atoms with van der Waals surface area (Å²) in [4.78, 5) is 0. The first kappa shape index (κ1) is 9.80. The summed E-state index contributed by atoms with van der Waals surface area (Å²) in [5.74, 6) is 0. The molecule has 0 amide bonds. The van der Waals surface area contributed by atoms with Crippen LogP contribution in [0.1, 0.15) is 0 Å². The second kappa shape index (κ2) is 4.19. The van der Waals surface area contributed by atoms with Crippen molar-refractivity contribution in [2.24, 2.45) is 0 Å². The molecule has 0 spiro atoms. The van der Waals surface area contributed by atoms with Gasteiger partial charge in [0.25, 0.3) is 0 Å². The molecule has 1 heterocycles. The summed E-state index contributed by atoms with van der Waals surface area (Å²) in [6.45, 7) is 4.69. The van der Waals surface area contributed by atoms with Crippen LogP contribution in [-0.4, -0.2) is 11.2 Å². The molecule has 3 heteroatoms. The Morgan fingerprint density at radius 2 is 2.27 bits per heavy atom. The van der Waals surface area contributed by atoms with Crippen LogP contribution < -0.4 is 5.73 Å². The summed E-state index contributed by atoms with van der Waals surface area (Å²) < 4.78 is 7.40. The standard InChI is InChI=1S/C12H14N2O/c1-2-7-15-9-14-6-5-10-3-4-11(13)8-12(10)14/h2-6,8H,1,7,9,13H2. The summed E-state index contributed by atoms with van der Waals surface area (Å²) in [6, 6.07) is 7.91. The third-order valence-electron chi connectivity index (χ3n) is 2.26. The summed E-state index contributed by atoms with van der Waals surface area (Å²) in [5.41, 5.74) is 7.60. The third kappa shape index (κ3) is 2.02. The molecule has 2 rings (SSSR count). The maximum Gasteiger partial charge on any atom is 0.123 e. The van der Waals surface area contributed by atoms with Crippen molar-refractivity contribution in [3.8, 4) is 0 Å². The van der Waals surface area contributed by atoms with E-state index in [0.29, 0.717) is 13.3 Å². The summed E-state index contributed by atoms with van der Waals surface area (Å²) >= 11 is 0. The van der Waals surface area contributed by atoms with Crippen LogP contribution in [0.25, 0.3) is 10.9 Å². The van der Waals surface area contributed by atoms with E-state index >= 15 is 0 Å². The van der Waals surface area contributed by atoms with Crippen LogP contribution in [0.5, 0.6) is 0 Å². The highest BCUT2D eigenvalue weighted by Crippen LogP contribution is 2.18. The highest BCUT2D eigenvalue weighted by Gasteiger charge is 2.00. The second-order valence-corrected chi connectivity index (χ2v) is 3.39. The molecule has 2 aromatic rings. The van der Waals surface area contributed by atoms with Gasteiger partial charge in [0.15, 0.2) is 0 Å². The lowest BCUT2D eigenvalue weighted by Gasteiger charge is -2.05. The Morgan fingerprint density at radius 1 is 1.40 bits per heavy atom. The Morgan fingerprint density at radius 3 is 3.07 bits per heavy atom. The number of benzene rings is 1. The highest BCUT2D eigenvalue weighted by atomic mass is 16.5. The SMILES string of the molecule is C=CCOCn1ccc2ccc(N)cc21. The highest BCUT2D eigenvalue weighted by molar-refractivity contribution is 5.83. The van der Waals surface area contributed by atoms with Gasteiger partial charge in [-0.25, -0.2) is 0 Å². The molecule has 0 aliphatic heterocycles. The number of rotatable bonds is 4. The molecule has 78 valence electrons. The van der Waals surface area contributed by atoms with E-state index in [0.717, 1.165) is 11.2 Å². The molecule has 3 nitrogen and oxygen atoms in total. The van der Waals surface area contributed by atoms with Crippen LogP contribution in [0.4, 0.5) is 5.69 Å². The van der Waals surface area contributed by atoms with E-state index < -0.39 is 0 Å². The smallest absolute Gasteiger partial charge is 0.123 e. The lowest BCUT2D eigenvalue weighted by Crippen LogP contribution is -2.01. The number of hydrogen-bond acceptors (Lipinski definition) is 2. The van der Waals surface area contributed by atoms with Crippen LogP contribution >= 0.6 is 0 Å². The topological polar surface area (TPSA) is 40.2 Å². The predicted octanol–water partition coefficient (Wildman–Crippen LogP) is 2.38. The van der Waals surface area contributed by atoms with E-state index in [1.807, 2.05) is 35.0 Å². The van der Waals surface area contributed by atoms with Gasteiger partial charge in [0.05, 0.1) is 12.1 Å². The van der Waals surface area contributed by atoms with Gasteiger partial charge in [0, 0.05) is 11.9 Å². The Labute approximate surface area is 88.8 Å². The summed E-state index contributed by atoms with van der Waals surface area (Å²) in [7, 11) is 0. The Balaban J connectivity index is 2.27. The van der Waals surface area contributed by atoms with E-state index in [-0.39, 0.29) is 0 Å². The Kier molecular flexibility index (Phi) is 2.74. The van der Waals surface area contributed by atoms with E-state index in [1.165, 1.54) is 5.39 Å². The number of nitrogen functional groups attached to an aromatic ring is 1. The maximum absolute atomic E-state index is 5.74. The molecular formula is C12H14N2O. The van der Waals surface area contributed by atoms with Gasteiger partial charge in [0.1, 0.15) is 6.73 Å². The van der Waals surface area contributed by atoms with Gasteiger partial charge in [-0.05, 0) is 23.6 Å². The lowest BCUT2D eigenvalue weighted by molar-refractivity contribution is 0.104. The number of nitrogens with zero attached hydrogens (tertiary/aromatic N) is 1. The molecule has 0 fully saturated rings. The molecule has 2 N–H and O–H groups in total. The molecule has 0 unspecified atom stereocenters. The minimum atomic E-state index is 0.527. The number of fused-ring (bicyclic) bond motifs is 1. The molecule has 0 aliphatic carbocycles. The van der Waals surface area contributed by atoms with E-state index in [4.69, 9.17) is 10.5 Å². The zero-order valence-electron chi connectivity index (χ0n) is 8.52. The van der Waals surface area contributed by atoms with Crippen LogP contribution in [0, 0.1) is 0 Å². The molecule has 1 aromatic carbocycles. The van der Waals surface area contributed by atoms with Crippen molar-refractivity contribution < 1.29 is 4.74 Å². The van der Waals surface area contributed by atoms with E-state index in [9.17, 15) is 0 Å². The fourth-order valence-corrected chi connectivity index (χ4v) is 1.55. The van der Waals surface area contributed by atoms with Crippen LogP contribution in [0.2, 0.25) is 0 Å². The number of aromatic nitrogens is 1. The second-order valence-electron chi connectivity index (χ2n) is 3.39. The van der Waals surface area contributed by atoms with Gasteiger partial charge in [-0.2, -0.15) is 0 Å². The van der Waals surface area contributed by atoms with Gasteiger partial charge in [-0.3, -0.25) is 0 Å². The minimum Gasteiger partial charge on any atom is -0.399 e. The van der Waals surface area contributed by atoms with Crippen LogP contribution in [0.15, 0.2) is 43.1 Å². The molecule has 0 aliphatic rings. The van der Waals surface area contributed by atoms with Gasteiger partial charge >= 0.3 is 0 Å². The van der Waals surface area contributed by atoms with E-state index in [1.54, 1.807) is 6.08 Å². The predicted molar refractivity (Wildman–Crippen MR) is 62.5 cm³/mol. The average molecular weight is 202 g/mol. The number of hydrogen-bond donors (Lipinski definition) is 1. The van der Waals surface area contributed by atoms with Gasteiger partial charge in [-0.1, -0.05) is 12.1 Å². The van der Waals surface area contributed by atoms with Crippen molar-refractivity contribution in [3.63, 3.8) is 0 Å². The Hall–Kier alpha value is -1.74. The number of anilines is 1. The first-order valence-electron chi connectivity index (χ1n) is 4.84. The van der Waals surface area contributed by atoms with Crippen molar-refractivity contribution in [2.45, 2.75) is 6.73 Å². The number of nitrogens with two attached hydrogens (primary N) is 1. The largest absolute Gasteiger partial charge is 0.399 e. The van der Waals surface area contributed by atoms with Gasteiger partial charge < -0.3 is 15.0 Å². The molecule has 1 aromatic heterocycles. The van der Waals surface area contributed by atoms with Crippen molar-refractivity contribution in [2.75, 3.05) is 12.3 Å². The quantitative estimate of drug-likeness (QED) is 0.470. The molecule has 0 saturated carbocycles. The average Bonchev–Trinajstić information content (AvgIpc) is 2.62. The molecule has 0 radical (unpaired) electrons. The molecular weight excluding hydrogens is 188 g/mol. The van der Waals surface area contributed by atoms with Gasteiger partial charge in [0.2, 0.25) is 0 Å². The molecule has 15 heavy (non-hydrogen) atoms. The summed E-state index contributed by atoms with van der Waals surface area (Å²) in [6.07, 6.45) is 3.73. The molecule has 0 saturated heterocycles. The first-order valence-corrected chi connectivity index (χ1v) is 4.84. The fourth-order valence-electron chi connectivity index (χ4n) is 1.55. The van der Waals surface area contributed by atoms with Crippen molar-refractivity contribution in [1.29, 1.82) is 0 Å². The van der Waals surface area contributed by atoms with Crippen molar-refractivity contribution in [3.05, 3.63) is 43.1 Å². The lowest BCUT2D eigenvalue weighted by atomic mass is 10.2. The zero-order chi connectivity index (χ0) is 10.7. The first-order chi connectivity index (χ1) is 7.31. The monoisotopic (exact) mass is 202 g/mol. The van der Waals surface area contributed by atoms with E-state index in [2.05, 4.69) is 6.58 Å². The Bertz CT molecular complexity index is 473. The van der Waals surface area contributed by atoms with Crippen LogP contribution in [0.3, 0.4) is 0 Å². The molecule has 0 bridgehead atoms. The van der Waals surface area contributed by atoms with Gasteiger partial charge in [-0.15, -0.1) is 6.58 Å². The number of ether oxygens (including phenoxy) is 1. The zero-order valence-corrected chi connectivity index (χ0v) is 8.52. The normalized spacial score (nSPS) is 10.7. The third-order valence-corrected chi connectivity index (χ3v) is 2.26. The maximum atomic E-state index is 5.74. The summed E-state index contributed by atoms with van der Waals surface area (Å²) in [5, 5.41) is 1.17. The van der Waals surface area contributed by atoms with Crippen molar-refractivity contribution in [1.82, 2.24) is 4.57 Å². The van der Waals surface area contributed by atoms with Crippen LogP contribution in [-0.2, 0) is 11.5 Å². The molecule has 0 atom stereocenters. The van der Waals surface area contributed by atoms with Crippen molar-refractivity contribution >= 4 is 16.6 Å².